The highest BCUT2D eigenvalue weighted by Gasteiger charge is 2.30. The summed E-state index contributed by atoms with van der Waals surface area (Å²) < 4.78 is 0. The average Bonchev–Trinajstić information content (AvgIpc) is 2.44. The smallest absolute Gasteiger partial charge is 0.257 e. The second kappa shape index (κ2) is 2.82. The first-order valence-corrected chi connectivity index (χ1v) is 4.95. The molecule has 0 aromatic carbocycles. The molecule has 0 saturated carbocycles. The van der Waals surface area contributed by atoms with Crippen molar-refractivity contribution in [3.8, 4) is 0 Å². The molecule has 0 unspecified atom stereocenters. The summed E-state index contributed by atoms with van der Waals surface area (Å²) in [6.07, 6.45) is 1.14. The topological polar surface area (TPSA) is 84.1 Å². The minimum atomic E-state index is -0.0908. The van der Waals surface area contributed by atoms with E-state index < -0.39 is 0 Å². The van der Waals surface area contributed by atoms with Crippen molar-refractivity contribution in [3.05, 3.63) is 11.3 Å². The monoisotopic (exact) mass is 205 g/mol. The fraction of sp³-hybridized carbons (Fsp3) is 0.444. The average molecular weight is 205 g/mol. The van der Waals surface area contributed by atoms with E-state index >= 15 is 0 Å². The third-order valence-corrected chi connectivity index (χ3v) is 2.78. The van der Waals surface area contributed by atoms with Gasteiger partial charge in [-0.25, -0.2) is 4.98 Å². The lowest BCUT2D eigenvalue weighted by atomic mass is 10.1. The summed E-state index contributed by atoms with van der Waals surface area (Å²) in [4.78, 5) is 21.9. The Kier molecular flexibility index (Phi) is 1.59. The number of carbonyl (C=O) groups is 1. The molecule has 2 aliphatic rings. The van der Waals surface area contributed by atoms with E-state index in [0.29, 0.717) is 17.9 Å². The minimum Gasteiger partial charge on any atom is -0.368 e. The molecule has 1 aromatic heterocycles. The highest BCUT2D eigenvalue weighted by atomic mass is 16.2. The summed E-state index contributed by atoms with van der Waals surface area (Å²) in [6.45, 7) is 2.34. The van der Waals surface area contributed by atoms with Gasteiger partial charge in [0.2, 0.25) is 5.95 Å². The van der Waals surface area contributed by atoms with Crippen LogP contribution in [0.1, 0.15) is 22.5 Å². The summed E-state index contributed by atoms with van der Waals surface area (Å²) >= 11 is 0. The predicted molar refractivity (Wildman–Crippen MR) is 54.4 cm³/mol. The number of fused-ring (bicyclic) bond motifs is 1. The van der Waals surface area contributed by atoms with Gasteiger partial charge in [0.15, 0.2) is 0 Å². The van der Waals surface area contributed by atoms with Gasteiger partial charge in [-0.05, 0) is 6.42 Å². The van der Waals surface area contributed by atoms with Crippen LogP contribution < -0.4 is 16.0 Å². The molecule has 2 aliphatic heterocycles. The third-order valence-electron chi connectivity index (χ3n) is 2.78. The maximum atomic E-state index is 11.6. The van der Waals surface area contributed by atoms with Gasteiger partial charge < -0.3 is 16.0 Å². The van der Waals surface area contributed by atoms with Crippen molar-refractivity contribution in [3.63, 3.8) is 0 Å². The van der Waals surface area contributed by atoms with E-state index in [-0.39, 0.29) is 11.9 Å². The van der Waals surface area contributed by atoms with Crippen LogP contribution in [0.2, 0.25) is 0 Å². The van der Waals surface area contributed by atoms with Gasteiger partial charge in [0.25, 0.3) is 5.91 Å². The Morgan fingerprint density at radius 2 is 2.13 bits per heavy atom. The quantitative estimate of drug-likeness (QED) is 0.646. The molecule has 15 heavy (non-hydrogen) atoms. The number of amides is 1. The van der Waals surface area contributed by atoms with Crippen molar-refractivity contribution in [1.82, 2.24) is 15.3 Å². The first-order valence-electron chi connectivity index (χ1n) is 4.95. The van der Waals surface area contributed by atoms with Crippen LogP contribution in [-0.4, -0.2) is 29.0 Å². The first kappa shape index (κ1) is 8.46. The zero-order valence-electron chi connectivity index (χ0n) is 8.16. The Bertz CT molecular complexity index is 440. The van der Waals surface area contributed by atoms with Crippen molar-refractivity contribution in [2.24, 2.45) is 0 Å². The SMILES string of the molecule is Nc1nc2c(c(N3CCC3)n1)C(=O)NC2. The van der Waals surface area contributed by atoms with Gasteiger partial charge in [0, 0.05) is 13.1 Å². The number of nitrogens with two attached hydrogens (primary N) is 1. The number of hydrogen-bond donors (Lipinski definition) is 2. The molecule has 0 radical (unpaired) electrons. The Morgan fingerprint density at radius 1 is 1.33 bits per heavy atom. The standard InChI is InChI=1S/C9H11N5O/c10-9-12-5-4-11-8(15)6(5)7(13-9)14-2-1-3-14/h1-4H2,(H,11,15)(H2,10,12,13). The van der Waals surface area contributed by atoms with Crippen molar-refractivity contribution < 1.29 is 4.79 Å². The molecule has 3 rings (SSSR count). The molecule has 0 spiro atoms. The summed E-state index contributed by atoms with van der Waals surface area (Å²) in [7, 11) is 0. The van der Waals surface area contributed by atoms with E-state index in [4.69, 9.17) is 5.73 Å². The second-order valence-electron chi connectivity index (χ2n) is 3.75. The molecular weight excluding hydrogens is 194 g/mol. The molecule has 0 bridgehead atoms. The number of carbonyl (C=O) groups excluding carboxylic acids is 1. The van der Waals surface area contributed by atoms with Crippen LogP contribution in [0, 0.1) is 0 Å². The Hall–Kier alpha value is -1.85. The first-order chi connectivity index (χ1) is 7.25. The highest BCUT2D eigenvalue weighted by molar-refractivity contribution is 6.02. The molecule has 1 amide bonds. The van der Waals surface area contributed by atoms with E-state index in [9.17, 15) is 4.79 Å². The van der Waals surface area contributed by atoms with Crippen LogP contribution in [0.15, 0.2) is 0 Å². The van der Waals surface area contributed by atoms with Gasteiger partial charge in [0.1, 0.15) is 11.4 Å². The minimum absolute atomic E-state index is 0.0908. The van der Waals surface area contributed by atoms with Gasteiger partial charge in [-0.1, -0.05) is 0 Å². The summed E-state index contributed by atoms with van der Waals surface area (Å²) in [5, 5.41) is 2.73. The zero-order valence-corrected chi connectivity index (χ0v) is 8.16. The van der Waals surface area contributed by atoms with Crippen LogP contribution in [-0.2, 0) is 6.54 Å². The van der Waals surface area contributed by atoms with Crippen LogP contribution in [0.3, 0.4) is 0 Å². The molecule has 3 heterocycles. The highest BCUT2D eigenvalue weighted by Crippen LogP contribution is 2.28. The summed E-state index contributed by atoms with van der Waals surface area (Å²) in [5.41, 5.74) is 6.92. The van der Waals surface area contributed by atoms with E-state index in [0.717, 1.165) is 25.2 Å². The number of anilines is 2. The number of nitrogens with one attached hydrogen (secondary N) is 1. The summed E-state index contributed by atoms with van der Waals surface area (Å²) in [5.74, 6) is 0.845. The lowest BCUT2D eigenvalue weighted by Gasteiger charge is -2.32. The fourth-order valence-corrected chi connectivity index (χ4v) is 1.88. The molecular formula is C9H11N5O. The number of hydrogen-bond acceptors (Lipinski definition) is 5. The van der Waals surface area contributed by atoms with E-state index in [2.05, 4.69) is 20.2 Å². The van der Waals surface area contributed by atoms with Gasteiger partial charge in [-0.2, -0.15) is 4.98 Å². The molecule has 3 N–H and O–H groups in total. The van der Waals surface area contributed by atoms with Gasteiger partial charge in [0.05, 0.1) is 12.2 Å². The molecule has 6 nitrogen and oxygen atoms in total. The van der Waals surface area contributed by atoms with E-state index in [1.54, 1.807) is 0 Å². The predicted octanol–water partition coefficient (Wildman–Crippen LogP) is -0.488. The van der Waals surface area contributed by atoms with E-state index in [1.165, 1.54) is 0 Å². The molecule has 1 saturated heterocycles. The fourth-order valence-electron chi connectivity index (χ4n) is 1.88. The lowest BCUT2D eigenvalue weighted by molar-refractivity contribution is 0.0966. The van der Waals surface area contributed by atoms with Crippen LogP contribution in [0.25, 0.3) is 0 Å². The van der Waals surface area contributed by atoms with Crippen molar-refractivity contribution in [2.45, 2.75) is 13.0 Å². The summed E-state index contributed by atoms with van der Waals surface area (Å²) in [6, 6.07) is 0. The second-order valence-corrected chi connectivity index (χ2v) is 3.75. The van der Waals surface area contributed by atoms with Crippen LogP contribution >= 0.6 is 0 Å². The Labute approximate surface area is 86.5 Å². The molecule has 0 aliphatic carbocycles. The number of nitrogen functional groups attached to an aromatic ring is 1. The number of rotatable bonds is 1. The maximum Gasteiger partial charge on any atom is 0.257 e. The van der Waals surface area contributed by atoms with E-state index in [1.807, 2.05) is 0 Å². The molecule has 1 fully saturated rings. The van der Waals surface area contributed by atoms with Gasteiger partial charge in [-0.15, -0.1) is 0 Å². The number of nitrogens with zero attached hydrogens (tertiary/aromatic N) is 3. The van der Waals surface area contributed by atoms with Crippen LogP contribution in [0.4, 0.5) is 11.8 Å². The van der Waals surface area contributed by atoms with Crippen molar-refractivity contribution in [1.29, 1.82) is 0 Å². The van der Waals surface area contributed by atoms with Gasteiger partial charge >= 0.3 is 0 Å². The van der Waals surface area contributed by atoms with Crippen LogP contribution in [0.5, 0.6) is 0 Å². The maximum absolute atomic E-state index is 11.6. The Morgan fingerprint density at radius 3 is 2.80 bits per heavy atom. The number of aromatic nitrogens is 2. The molecule has 6 heteroatoms. The molecule has 78 valence electrons. The Balaban J connectivity index is 2.15. The zero-order chi connectivity index (χ0) is 10.4. The largest absolute Gasteiger partial charge is 0.368 e. The molecule has 0 atom stereocenters. The normalized spacial score (nSPS) is 18.4. The van der Waals surface area contributed by atoms with Crippen molar-refractivity contribution >= 4 is 17.7 Å². The lowest BCUT2D eigenvalue weighted by Crippen LogP contribution is -2.39. The van der Waals surface area contributed by atoms with Crippen molar-refractivity contribution in [2.75, 3.05) is 23.7 Å². The van der Waals surface area contributed by atoms with Gasteiger partial charge in [-0.3, -0.25) is 4.79 Å². The molecule has 1 aromatic rings. The third kappa shape index (κ3) is 1.14.